The molecule has 2 saturated heterocycles. The molecule has 2 bridgehead atoms. The van der Waals surface area contributed by atoms with E-state index in [9.17, 15) is 33.3 Å². The first-order chi connectivity index (χ1) is 15.1. The molecular weight excluding hydrogens is 453 g/mol. The van der Waals surface area contributed by atoms with E-state index in [4.69, 9.17) is 4.42 Å². The summed E-state index contributed by atoms with van der Waals surface area (Å²) in [7, 11) is 0. The van der Waals surface area contributed by atoms with Crippen LogP contribution in [0.25, 0.3) is 21.7 Å². The maximum Gasteiger partial charge on any atom is 0.447 e. The van der Waals surface area contributed by atoms with Crippen LogP contribution in [0.3, 0.4) is 0 Å². The van der Waals surface area contributed by atoms with Gasteiger partial charge in [0, 0.05) is 30.2 Å². The number of hydrogen-bond donors (Lipinski definition) is 3. The number of nitrogens with zero attached hydrogens (tertiary/aromatic N) is 4. The summed E-state index contributed by atoms with van der Waals surface area (Å²) < 4.78 is 45.7. The summed E-state index contributed by atoms with van der Waals surface area (Å²) in [6.45, 7) is 0.670. The van der Waals surface area contributed by atoms with Crippen molar-refractivity contribution in [2.75, 3.05) is 18.0 Å². The maximum atomic E-state index is 13.3. The Kier molecular flexibility index (Phi) is 4.62. The van der Waals surface area contributed by atoms with E-state index in [-0.39, 0.29) is 34.8 Å². The normalized spacial score (nSPS) is 21.5. The van der Waals surface area contributed by atoms with Gasteiger partial charge >= 0.3 is 12.3 Å². The molecule has 1 aromatic carbocycles. The average molecular weight is 470 g/mol. The van der Waals surface area contributed by atoms with Gasteiger partial charge in [-0.2, -0.15) is 18.2 Å². The van der Waals surface area contributed by atoms with Gasteiger partial charge in [0.15, 0.2) is 5.58 Å². The number of amides is 1. The number of carboxylic acid groups (broad SMARTS) is 1. The van der Waals surface area contributed by atoms with Crippen LogP contribution in [0.1, 0.15) is 18.4 Å². The van der Waals surface area contributed by atoms with E-state index in [1.807, 2.05) is 0 Å². The largest absolute Gasteiger partial charge is 0.465 e. The van der Waals surface area contributed by atoms with Crippen LogP contribution < -0.4 is 4.90 Å². The van der Waals surface area contributed by atoms with Gasteiger partial charge < -0.3 is 24.6 Å². The Morgan fingerprint density at radius 1 is 1.19 bits per heavy atom. The van der Waals surface area contributed by atoms with Gasteiger partial charge in [0.1, 0.15) is 10.5 Å². The van der Waals surface area contributed by atoms with Crippen LogP contribution in [0.4, 0.5) is 24.0 Å². The van der Waals surface area contributed by atoms with Crippen molar-refractivity contribution in [3.8, 4) is 10.6 Å². The number of hydrogen-bond acceptors (Lipinski definition) is 8. The molecule has 2 aliphatic heterocycles. The van der Waals surface area contributed by atoms with E-state index in [2.05, 4.69) is 9.97 Å². The number of alkyl halides is 3. The maximum absolute atomic E-state index is 13.3. The summed E-state index contributed by atoms with van der Waals surface area (Å²) in [5.41, 5.74) is -0.495. The van der Waals surface area contributed by atoms with Crippen molar-refractivity contribution in [3.63, 3.8) is 0 Å². The van der Waals surface area contributed by atoms with Gasteiger partial charge in [-0.1, -0.05) is 0 Å². The summed E-state index contributed by atoms with van der Waals surface area (Å²) in [6, 6.07) is 1.57. The minimum absolute atomic E-state index is 0.00689. The molecule has 32 heavy (non-hydrogen) atoms. The fourth-order valence-electron chi connectivity index (χ4n) is 4.41. The molecule has 3 N–H and O–H groups in total. The number of piperazine rings is 1. The SMILES string of the molecule is O=C(O)N1C2CCC1CN(c1nc3cc(C(O)(O)C(F)(F)F)cc(-c4nccs4)c3o1)C2. The zero-order valence-electron chi connectivity index (χ0n) is 16.3. The molecule has 0 radical (unpaired) electrons. The number of aromatic nitrogens is 2. The van der Waals surface area contributed by atoms with Gasteiger partial charge in [-0.25, -0.2) is 9.78 Å². The second kappa shape index (κ2) is 7.05. The average Bonchev–Trinajstić information content (AvgIpc) is 3.44. The second-order valence-electron chi connectivity index (χ2n) is 7.86. The van der Waals surface area contributed by atoms with E-state index >= 15 is 0 Å². The number of anilines is 1. The molecule has 0 spiro atoms. The highest BCUT2D eigenvalue weighted by Crippen LogP contribution is 2.42. The lowest BCUT2D eigenvalue weighted by Gasteiger charge is -2.38. The molecule has 2 aromatic heterocycles. The van der Waals surface area contributed by atoms with Crippen molar-refractivity contribution in [3.05, 3.63) is 29.3 Å². The number of oxazole rings is 1. The molecule has 3 aromatic rings. The van der Waals surface area contributed by atoms with Crippen molar-refractivity contribution in [2.45, 2.75) is 36.9 Å². The highest BCUT2D eigenvalue weighted by atomic mass is 32.1. The molecule has 0 aliphatic carbocycles. The number of benzene rings is 1. The standard InChI is InChI=1S/C19H17F3N4O5S/c20-19(21,22)18(29,30)9-5-12(15-23-3-4-32-15)14-13(6-9)24-16(31-14)25-7-10-1-2-11(8-25)26(10)17(27)28/h3-6,10-11,29-30H,1-2,7-8H2,(H,27,28). The monoisotopic (exact) mass is 470 g/mol. The van der Waals surface area contributed by atoms with Crippen LogP contribution in [0.15, 0.2) is 28.1 Å². The Labute approximate surface area is 182 Å². The number of fused-ring (bicyclic) bond motifs is 3. The fraction of sp³-hybridized carbons (Fsp3) is 0.421. The van der Waals surface area contributed by atoms with E-state index in [0.29, 0.717) is 30.9 Å². The minimum atomic E-state index is -5.33. The van der Waals surface area contributed by atoms with Crippen LogP contribution in [0, 0.1) is 0 Å². The van der Waals surface area contributed by atoms with Gasteiger partial charge in [0.25, 0.3) is 11.8 Å². The van der Waals surface area contributed by atoms with Crippen molar-refractivity contribution < 1.29 is 37.7 Å². The molecule has 2 fully saturated rings. The molecule has 9 nitrogen and oxygen atoms in total. The molecule has 1 amide bonds. The van der Waals surface area contributed by atoms with Crippen LogP contribution in [0.2, 0.25) is 0 Å². The third-order valence-corrected chi connectivity index (χ3v) is 6.72. The zero-order chi connectivity index (χ0) is 22.8. The highest BCUT2D eigenvalue weighted by molar-refractivity contribution is 7.13. The topological polar surface area (TPSA) is 123 Å². The number of halogens is 3. The van der Waals surface area contributed by atoms with Crippen LogP contribution in [0.5, 0.6) is 0 Å². The van der Waals surface area contributed by atoms with Crippen LogP contribution in [-0.4, -0.2) is 67.6 Å². The first kappa shape index (κ1) is 21.0. The number of carbonyl (C=O) groups is 1. The molecule has 2 aliphatic rings. The number of rotatable bonds is 3. The Morgan fingerprint density at radius 2 is 1.88 bits per heavy atom. The highest BCUT2D eigenvalue weighted by Gasteiger charge is 2.54. The number of thiazole rings is 1. The van der Waals surface area contributed by atoms with Gasteiger partial charge in [-0.15, -0.1) is 11.3 Å². The summed E-state index contributed by atoms with van der Waals surface area (Å²) in [4.78, 5) is 23.1. The molecule has 0 saturated carbocycles. The molecule has 2 atom stereocenters. The first-order valence-electron chi connectivity index (χ1n) is 9.69. The molecule has 4 heterocycles. The van der Waals surface area contributed by atoms with Gasteiger partial charge in [-0.05, 0) is 25.0 Å². The predicted molar refractivity (Wildman–Crippen MR) is 106 cm³/mol. The summed E-state index contributed by atoms with van der Waals surface area (Å²) in [6.07, 6.45) is -3.45. The lowest BCUT2D eigenvalue weighted by atomic mass is 10.0. The molecule has 2 unspecified atom stereocenters. The molecule has 5 rings (SSSR count). The Balaban J connectivity index is 1.59. The predicted octanol–water partition coefficient (Wildman–Crippen LogP) is 2.98. The molecule has 170 valence electrons. The summed E-state index contributed by atoms with van der Waals surface area (Å²) in [5, 5.41) is 31.0. The van der Waals surface area contributed by atoms with Gasteiger partial charge in [-0.3, -0.25) is 4.90 Å². The number of aliphatic hydroxyl groups is 2. The Morgan fingerprint density at radius 3 is 2.44 bits per heavy atom. The van der Waals surface area contributed by atoms with Crippen molar-refractivity contribution in [2.24, 2.45) is 0 Å². The quantitative estimate of drug-likeness (QED) is 0.500. The lowest BCUT2D eigenvalue weighted by molar-refractivity contribution is -0.358. The molecular formula is C19H17F3N4O5S. The second-order valence-corrected chi connectivity index (χ2v) is 8.75. The first-order valence-corrected chi connectivity index (χ1v) is 10.6. The van der Waals surface area contributed by atoms with Crippen molar-refractivity contribution in [1.82, 2.24) is 14.9 Å². The summed E-state index contributed by atoms with van der Waals surface area (Å²) in [5.74, 6) is -4.08. The van der Waals surface area contributed by atoms with Crippen molar-refractivity contribution >= 4 is 34.5 Å². The van der Waals surface area contributed by atoms with Gasteiger partial charge in [0.05, 0.1) is 17.6 Å². The minimum Gasteiger partial charge on any atom is -0.465 e. The van der Waals surface area contributed by atoms with E-state index in [0.717, 1.165) is 23.5 Å². The smallest absolute Gasteiger partial charge is 0.447 e. The zero-order valence-corrected chi connectivity index (χ0v) is 17.1. The Hall–Kier alpha value is -2.90. The van der Waals surface area contributed by atoms with E-state index in [1.165, 1.54) is 11.1 Å². The summed E-state index contributed by atoms with van der Waals surface area (Å²) >= 11 is 1.15. The van der Waals surface area contributed by atoms with E-state index < -0.39 is 23.6 Å². The van der Waals surface area contributed by atoms with Gasteiger partial charge in [0.2, 0.25) is 0 Å². The lowest BCUT2D eigenvalue weighted by Crippen LogP contribution is -2.55. The van der Waals surface area contributed by atoms with E-state index in [1.54, 1.807) is 10.3 Å². The third-order valence-electron chi connectivity index (χ3n) is 5.91. The Bertz CT molecular complexity index is 1170. The van der Waals surface area contributed by atoms with Crippen LogP contribution in [-0.2, 0) is 5.79 Å². The third kappa shape index (κ3) is 3.19. The fourth-order valence-corrected chi connectivity index (χ4v) is 5.06. The van der Waals surface area contributed by atoms with Crippen molar-refractivity contribution in [1.29, 1.82) is 0 Å². The molecule has 13 heteroatoms. The van der Waals surface area contributed by atoms with Crippen LogP contribution >= 0.6 is 11.3 Å².